The average Bonchev–Trinajstić information content (AvgIpc) is 2.96. The van der Waals surface area contributed by atoms with Gasteiger partial charge < -0.3 is 4.42 Å². The predicted octanol–water partition coefficient (Wildman–Crippen LogP) is 3.99. The molecule has 0 radical (unpaired) electrons. The summed E-state index contributed by atoms with van der Waals surface area (Å²) in [7, 11) is -3.64. The van der Waals surface area contributed by atoms with Gasteiger partial charge in [-0.3, -0.25) is 4.79 Å². The monoisotopic (exact) mass is 397 g/mol. The molecule has 0 aliphatic carbocycles. The fourth-order valence-corrected chi connectivity index (χ4v) is 4.45. The van der Waals surface area contributed by atoms with Crippen LogP contribution >= 0.6 is 0 Å². The average molecular weight is 397 g/mol. The van der Waals surface area contributed by atoms with Crippen molar-refractivity contribution in [3.8, 4) is 11.5 Å². The highest BCUT2D eigenvalue weighted by Crippen LogP contribution is 2.25. The molecule has 2 aromatic carbocycles. The number of sulfone groups is 1. The Morgan fingerprint density at radius 3 is 2.29 bits per heavy atom. The molecule has 0 fully saturated rings. The first-order chi connectivity index (χ1) is 13.2. The maximum Gasteiger partial charge on any atom is 0.226 e. The number of benzene rings is 2. The van der Waals surface area contributed by atoms with E-state index < -0.39 is 15.6 Å². The van der Waals surface area contributed by atoms with E-state index in [-0.39, 0.29) is 18.0 Å². The van der Waals surface area contributed by atoms with E-state index in [1.165, 1.54) is 0 Å². The summed E-state index contributed by atoms with van der Waals surface area (Å²) in [5, 5.41) is 0. The smallest absolute Gasteiger partial charge is 0.226 e. The summed E-state index contributed by atoms with van der Waals surface area (Å²) in [5.74, 6) is -0.295. The molecule has 3 aromatic rings. The van der Waals surface area contributed by atoms with Crippen molar-refractivity contribution in [2.45, 2.75) is 32.9 Å². The first-order valence-corrected chi connectivity index (χ1v) is 10.9. The Bertz CT molecular complexity index is 1110. The van der Waals surface area contributed by atoms with E-state index >= 15 is 0 Å². The molecule has 0 saturated heterocycles. The first-order valence-electron chi connectivity index (χ1n) is 9.04. The topological polar surface area (TPSA) is 77.2 Å². The van der Waals surface area contributed by atoms with Crippen molar-refractivity contribution in [2.24, 2.45) is 0 Å². The van der Waals surface area contributed by atoms with E-state index in [2.05, 4.69) is 4.98 Å². The molecule has 0 atom stereocenters. The molecule has 0 amide bonds. The number of Topliss-reactive ketones (excluding diaryl/α,β-unsaturated/α-hetero) is 1. The second-order valence-corrected chi connectivity index (χ2v) is 9.08. The van der Waals surface area contributed by atoms with Crippen LogP contribution in [0.2, 0.25) is 0 Å². The number of nitrogens with zero attached hydrogens (tertiary/aromatic N) is 1. The van der Waals surface area contributed by atoms with Gasteiger partial charge in [0.2, 0.25) is 5.89 Å². The molecule has 0 aliphatic rings. The van der Waals surface area contributed by atoms with Crippen LogP contribution in [0.1, 0.15) is 28.1 Å². The zero-order chi connectivity index (χ0) is 20.3. The van der Waals surface area contributed by atoms with Gasteiger partial charge in [0.05, 0.1) is 11.4 Å². The van der Waals surface area contributed by atoms with Crippen molar-refractivity contribution < 1.29 is 17.6 Å². The number of rotatable bonds is 7. The largest absolute Gasteiger partial charge is 0.441 e. The molecule has 146 valence electrons. The van der Waals surface area contributed by atoms with Gasteiger partial charge in [-0.05, 0) is 43.5 Å². The molecule has 0 aliphatic heterocycles. The van der Waals surface area contributed by atoms with Gasteiger partial charge in [-0.1, -0.05) is 42.5 Å². The van der Waals surface area contributed by atoms with Gasteiger partial charge in [0, 0.05) is 12.0 Å². The summed E-state index contributed by atoms with van der Waals surface area (Å²) in [6, 6.07) is 15.1. The molecule has 3 rings (SSSR count). The number of aromatic nitrogens is 1. The second kappa shape index (κ2) is 8.10. The molecule has 0 N–H and O–H groups in total. The molecule has 0 bridgehead atoms. The number of carbonyl (C=O) groups is 1. The van der Waals surface area contributed by atoms with Crippen LogP contribution in [-0.4, -0.2) is 24.9 Å². The molecule has 0 spiro atoms. The molecule has 28 heavy (non-hydrogen) atoms. The third kappa shape index (κ3) is 4.75. The Balaban J connectivity index is 1.73. The van der Waals surface area contributed by atoms with Crippen LogP contribution in [-0.2, 0) is 26.8 Å². The fraction of sp³-hybridized carbons (Fsp3) is 0.273. The fourth-order valence-electron chi connectivity index (χ4n) is 3.07. The lowest BCUT2D eigenvalue weighted by molar-refractivity contribution is -0.116. The molecule has 0 unspecified atom stereocenters. The van der Waals surface area contributed by atoms with Gasteiger partial charge in [-0.15, -0.1) is 0 Å². The van der Waals surface area contributed by atoms with Gasteiger partial charge in [0.25, 0.3) is 0 Å². The number of ketones is 1. The summed E-state index contributed by atoms with van der Waals surface area (Å²) in [6.07, 6.45) is 0.109. The van der Waals surface area contributed by atoms with Crippen molar-refractivity contribution in [1.82, 2.24) is 4.98 Å². The van der Waals surface area contributed by atoms with E-state index in [0.29, 0.717) is 17.3 Å². The minimum Gasteiger partial charge on any atom is -0.441 e. The lowest BCUT2D eigenvalue weighted by Gasteiger charge is -2.05. The van der Waals surface area contributed by atoms with Gasteiger partial charge >= 0.3 is 0 Å². The SMILES string of the molecule is Cc1ccccc1CC(=O)CS(=O)(=O)Cc1nc(-c2ccccc2C)oc1C. The van der Waals surface area contributed by atoms with E-state index in [1.54, 1.807) is 6.92 Å². The zero-order valence-electron chi connectivity index (χ0n) is 16.2. The molecular formula is C22H23NO4S. The molecule has 6 heteroatoms. The van der Waals surface area contributed by atoms with Crippen LogP contribution in [0.4, 0.5) is 0 Å². The first kappa shape index (κ1) is 20.0. The minimum absolute atomic E-state index is 0.109. The van der Waals surface area contributed by atoms with Crippen LogP contribution < -0.4 is 0 Å². The summed E-state index contributed by atoms with van der Waals surface area (Å²) < 4.78 is 30.8. The molecule has 1 aromatic heterocycles. The second-order valence-electron chi connectivity index (χ2n) is 7.01. The van der Waals surface area contributed by atoms with Gasteiger partial charge in [-0.2, -0.15) is 0 Å². The van der Waals surface area contributed by atoms with Gasteiger partial charge in [0.15, 0.2) is 15.6 Å². The quantitative estimate of drug-likeness (QED) is 0.602. The van der Waals surface area contributed by atoms with Crippen molar-refractivity contribution in [3.05, 3.63) is 76.7 Å². The summed E-state index contributed by atoms with van der Waals surface area (Å²) in [5.41, 5.74) is 3.99. The van der Waals surface area contributed by atoms with Crippen molar-refractivity contribution >= 4 is 15.6 Å². The van der Waals surface area contributed by atoms with Crippen LogP contribution in [0.3, 0.4) is 0 Å². The van der Waals surface area contributed by atoms with Crippen LogP contribution in [0.15, 0.2) is 52.9 Å². The normalized spacial score (nSPS) is 11.5. The van der Waals surface area contributed by atoms with Crippen molar-refractivity contribution in [3.63, 3.8) is 0 Å². The van der Waals surface area contributed by atoms with Gasteiger partial charge in [-0.25, -0.2) is 13.4 Å². The van der Waals surface area contributed by atoms with Crippen LogP contribution in [0, 0.1) is 20.8 Å². The Labute approximate surface area is 165 Å². The number of oxazole rings is 1. The molecule has 5 nitrogen and oxygen atoms in total. The van der Waals surface area contributed by atoms with Crippen molar-refractivity contribution in [1.29, 1.82) is 0 Å². The number of aryl methyl sites for hydroxylation is 3. The Morgan fingerprint density at radius 1 is 0.964 bits per heavy atom. The lowest BCUT2D eigenvalue weighted by atomic mass is 10.0. The van der Waals surface area contributed by atoms with E-state index in [0.717, 1.165) is 22.3 Å². The van der Waals surface area contributed by atoms with Crippen LogP contribution in [0.25, 0.3) is 11.5 Å². The summed E-state index contributed by atoms with van der Waals surface area (Å²) >= 11 is 0. The Morgan fingerprint density at radius 2 is 1.61 bits per heavy atom. The van der Waals surface area contributed by atoms with Gasteiger partial charge in [0.1, 0.15) is 11.5 Å². The van der Waals surface area contributed by atoms with Crippen LogP contribution in [0.5, 0.6) is 0 Å². The highest BCUT2D eigenvalue weighted by molar-refractivity contribution is 7.91. The van der Waals surface area contributed by atoms with Crippen molar-refractivity contribution in [2.75, 3.05) is 5.75 Å². The predicted molar refractivity (Wildman–Crippen MR) is 109 cm³/mol. The molecule has 1 heterocycles. The standard InChI is InChI=1S/C22H23NO4S/c1-15-8-4-6-10-18(15)12-19(24)13-28(25,26)14-21-17(3)27-22(23-21)20-11-7-5-9-16(20)2/h4-11H,12-14H2,1-3H3. The zero-order valence-corrected chi connectivity index (χ0v) is 17.0. The minimum atomic E-state index is -3.64. The number of carbonyl (C=O) groups excluding carboxylic acids is 1. The van der Waals surface area contributed by atoms with E-state index in [4.69, 9.17) is 4.42 Å². The third-order valence-corrected chi connectivity index (χ3v) is 6.13. The number of hydrogen-bond acceptors (Lipinski definition) is 5. The maximum absolute atomic E-state index is 12.5. The third-order valence-electron chi connectivity index (χ3n) is 4.65. The Hall–Kier alpha value is -2.73. The molecule has 0 saturated carbocycles. The van der Waals surface area contributed by atoms with E-state index in [9.17, 15) is 13.2 Å². The summed E-state index contributed by atoms with van der Waals surface area (Å²) in [6.45, 7) is 5.53. The summed E-state index contributed by atoms with van der Waals surface area (Å²) in [4.78, 5) is 16.7. The molecular weight excluding hydrogens is 374 g/mol. The Kier molecular flexibility index (Phi) is 5.79. The number of hydrogen-bond donors (Lipinski definition) is 0. The van der Waals surface area contributed by atoms with E-state index in [1.807, 2.05) is 62.4 Å². The highest BCUT2D eigenvalue weighted by atomic mass is 32.2. The lowest BCUT2D eigenvalue weighted by Crippen LogP contribution is -2.20. The highest BCUT2D eigenvalue weighted by Gasteiger charge is 2.22. The maximum atomic E-state index is 12.5.